The number of H-pyrrole nitrogens is 2. The Bertz CT molecular complexity index is 6980. The third-order valence-electron chi connectivity index (χ3n) is 20.4. The minimum absolute atomic E-state index is 0. The molecule has 18 atom stereocenters. The number of aromatic nitrogens is 21. The lowest BCUT2D eigenvalue weighted by Crippen LogP contribution is -2.34. The van der Waals surface area contributed by atoms with Gasteiger partial charge in [0.05, 0.1) is 82.2 Å². The SMILES string of the molecule is CC(C)C(=O)Nc1nc2c(nnn2[C@@H]2O[C@@H]3COP(=S)(OCCC#N)O[C@H]4[C@H](F)[C@H](n5nnc6c(NC(=O)c7ccccc7)ncnc65)O[C@@H]4COP(O)(=S)O[C@H]2C3)c(=O)[nH]1.CC(C)C(=O)Nc1nc2c(nnn2[C@@H]2O[C@@H]3COP(=S)(OCCC#N)O[C@H]4[C@H](F)[C@H](n5nnc6c(NC(=O)c7ccccc7)ncnc65)O[C@@H]4COP(O)O[C@H]2C3)c(=O)[nH]1.N.O=c1ssc2ccccc12.[HH].c1ccncc1. The number of nitrogens with one attached hydrogen (secondary N) is 6. The predicted molar refractivity (Wildman–Crippen MR) is 496 cm³/mol. The van der Waals surface area contributed by atoms with Crippen molar-refractivity contribution in [2.75, 3.05) is 60.9 Å². The Hall–Kier alpha value is -11.1. The number of fused-ring (bicyclic) bond motifs is 11. The minimum atomic E-state index is -4.27. The van der Waals surface area contributed by atoms with Crippen LogP contribution in [0.2, 0.25) is 0 Å². The van der Waals surface area contributed by atoms with E-state index in [4.69, 9.17) is 99.6 Å². The zero-order chi connectivity index (χ0) is 96.4. The highest BCUT2D eigenvalue weighted by Crippen LogP contribution is 2.59. The molecule has 728 valence electrons. The highest BCUT2D eigenvalue weighted by Gasteiger charge is 2.55. The molecule has 6 saturated heterocycles. The number of pyridine rings is 1. The van der Waals surface area contributed by atoms with E-state index in [1.54, 1.807) is 111 Å². The summed E-state index contributed by atoms with van der Waals surface area (Å²) in [5.41, 5.74) is -1.27. The molecule has 19 rings (SSSR count). The van der Waals surface area contributed by atoms with Crippen LogP contribution in [0, 0.1) is 34.5 Å². The maximum Gasteiger partial charge on any atom is 0.330 e. The van der Waals surface area contributed by atoms with E-state index in [2.05, 4.69) is 107 Å². The largest absolute Gasteiger partial charge is 0.348 e. The Labute approximate surface area is 800 Å². The summed E-state index contributed by atoms with van der Waals surface area (Å²) in [6.07, 6.45) is -14.1. The van der Waals surface area contributed by atoms with Gasteiger partial charge >= 0.3 is 28.8 Å². The molecule has 0 aliphatic carbocycles. The third-order valence-corrected chi connectivity index (χ3v) is 29.8. The van der Waals surface area contributed by atoms with Gasteiger partial charge in [0.2, 0.25) is 23.7 Å². The maximum absolute atomic E-state index is 16.8. The lowest BCUT2D eigenvalue weighted by atomic mass is 10.1. The van der Waals surface area contributed by atoms with Crippen molar-refractivity contribution in [2.24, 2.45) is 11.8 Å². The third kappa shape index (κ3) is 23.6. The molecule has 4 bridgehead atoms. The number of rotatable bonds is 18. The first-order chi connectivity index (χ1) is 66.0. The Morgan fingerprint density at radius 3 is 1.46 bits per heavy atom. The molecule has 62 heteroatoms. The van der Waals surface area contributed by atoms with E-state index in [-0.39, 0.29) is 133 Å². The molecule has 4 unspecified atom stereocenters. The van der Waals surface area contributed by atoms with Gasteiger partial charge < -0.3 is 81.7 Å². The second kappa shape index (κ2) is 45.0. The van der Waals surface area contributed by atoms with Gasteiger partial charge in [0.15, 0.2) is 93.5 Å². The topological polar surface area (TPSA) is 665 Å². The molecule has 3 aromatic carbocycles. The smallest absolute Gasteiger partial charge is 0.330 e. The van der Waals surface area contributed by atoms with Crippen LogP contribution in [0.3, 0.4) is 0 Å². The van der Waals surface area contributed by atoms with Gasteiger partial charge in [-0.3, -0.25) is 68.2 Å². The molecule has 6 aliphatic rings. The molecule has 138 heavy (non-hydrogen) atoms. The second-order valence-electron chi connectivity index (χ2n) is 30.5. The lowest BCUT2D eigenvalue weighted by Gasteiger charge is -2.29. The number of nitriles is 2. The van der Waals surface area contributed by atoms with Crippen LogP contribution in [0.5, 0.6) is 0 Å². The molecule has 0 saturated carbocycles. The van der Waals surface area contributed by atoms with E-state index in [1.165, 1.54) is 10.3 Å². The summed E-state index contributed by atoms with van der Waals surface area (Å²) in [5.74, 6) is -3.03. The first-order valence-electron chi connectivity index (χ1n) is 41.2. The summed E-state index contributed by atoms with van der Waals surface area (Å²) in [7, 11) is 0.0992. The minimum Gasteiger partial charge on any atom is -0.348 e. The monoisotopic (exact) mass is 2080 g/mol. The second-order valence-corrected chi connectivity index (χ2v) is 42.3. The van der Waals surface area contributed by atoms with Crippen molar-refractivity contribution >= 4 is 187 Å². The number of aromatic amines is 2. The standard InChI is InChI=1S/C32H34FN13O11P2S2.C32H34FN13O11P2S.C7H4OS2.C5H5N.H3N.H2/c1-15(2)27(47)39-32-38-26-22(29(49)40-32)42-44-46(26)30-18-11-17(54-30)12-53-59(61,51-10-6-9-34)57-23-19(13-52-58(50,60)56-18)55-31(20(23)33)45-25-21(41-43-45)24(35-14-36-25)37-28(48)16-7-4-3-5-8-16;1-15(2)27(47)39-32-38-26-22(29(49)40-32)42-44-46(26)30-18-11-17(54-30)12-53-59(60,52-10-6-9-34)57-23-19(13-51-58(50)56-18)55-31(20(23)33)45-25-21(41-43-45)24(35-14-36-25)37-28(48)16-7-4-3-5-8-16;8-7-5-3-1-2-4-6(5)9-10-7;1-2-4-6-5-3-1;;/h3-5,7-8,14-15,17-20,23,30-31H,6,10-13H2,1-2H3,(H,50,60)(H,35,36,37,48)(H2,38,39,40,47,49);3-5,7-8,14-15,17-20,23,30-31,50H,6,10-13H2,1-2H3,(H,35,36,37,48)(H2,38,39,40,47,49);1-4H;1-5H;1H3;1H/t2*17-,18-,19+,20-,23+,30+,31+,58?,59?;;;;/m00..../s1. The number of hydrogen-bond acceptors (Lipinski definition) is 45. The molecule has 13 aromatic rings. The van der Waals surface area contributed by atoms with Gasteiger partial charge in [0.25, 0.3) is 27.7 Å². The zero-order valence-corrected chi connectivity index (χ0v) is 79.7. The first kappa shape index (κ1) is 101. The molecule has 4 amide bonds. The number of ether oxygens (including phenoxy) is 4. The van der Waals surface area contributed by atoms with Crippen LogP contribution in [0.4, 0.5) is 32.3 Å². The molecule has 6 fully saturated rings. The molecular formula is C76H82F2N28O23P4S5. The van der Waals surface area contributed by atoms with Gasteiger partial charge in [0, 0.05) is 54.3 Å². The molecule has 16 heterocycles. The van der Waals surface area contributed by atoms with E-state index < -0.39 is 175 Å². The van der Waals surface area contributed by atoms with Crippen molar-refractivity contribution in [1.29, 1.82) is 10.5 Å². The fourth-order valence-corrected chi connectivity index (χ4v) is 22.4. The summed E-state index contributed by atoms with van der Waals surface area (Å²) in [5, 5.41) is 62.0. The number of amides is 4. The summed E-state index contributed by atoms with van der Waals surface area (Å²) >= 11 is 16.9. The van der Waals surface area contributed by atoms with Crippen molar-refractivity contribution in [2.45, 2.75) is 139 Å². The van der Waals surface area contributed by atoms with E-state index in [0.717, 1.165) is 41.5 Å². The summed E-state index contributed by atoms with van der Waals surface area (Å²) < 4.78 is 123. The predicted octanol–water partition coefficient (Wildman–Crippen LogP) is 8.43. The van der Waals surface area contributed by atoms with E-state index in [0.29, 0.717) is 11.1 Å². The number of nitrogens with zero attached hydrogens (tertiary/aromatic N) is 21. The van der Waals surface area contributed by atoms with Crippen LogP contribution in [0.15, 0.2) is 143 Å². The van der Waals surface area contributed by atoms with Gasteiger partial charge in [-0.1, -0.05) is 113 Å². The van der Waals surface area contributed by atoms with Gasteiger partial charge in [-0.05, 0) is 94.3 Å². The Kier molecular flexibility index (Phi) is 33.0. The van der Waals surface area contributed by atoms with E-state index in [1.807, 2.05) is 54.6 Å². The average Bonchev–Trinajstić information content (AvgIpc) is 1.94. The number of carbonyl (C=O) groups excluding carboxylic acids is 4. The van der Waals surface area contributed by atoms with Crippen LogP contribution in [0.1, 0.15) is 100 Å². The summed E-state index contributed by atoms with van der Waals surface area (Å²) in [4.78, 5) is 144. The Morgan fingerprint density at radius 1 is 0.558 bits per heavy atom. The van der Waals surface area contributed by atoms with Crippen molar-refractivity contribution < 1.29 is 103 Å². The molecular weight excluding hydrogens is 2000 g/mol. The number of halogens is 2. The van der Waals surface area contributed by atoms with Crippen molar-refractivity contribution in [3.8, 4) is 12.1 Å². The molecule has 51 nitrogen and oxygen atoms in total. The van der Waals surface area contributed by atoms with Crippen LogP contribution in [-0.2, 0) is 109 Å². The molecule has 0 spiro atoms. The molecule has 10 aromatic heterocycles. The van der Waals surface area contributed by atoms with E-state index in [9.17, 15) is 53.9 Å². The fourth-order valence-electron chi connectivity index (χ4n) is 13.9. The van der Waals surface area contributed by atoms with Gasteiger partial charge in [-0.15, -0.1) is 20.4 Å². The first-order valence-corrected chi connectivity index (χ1v) is 52.2. The normalized spacial score (nSPS) is 26.4. The van der Waals surface area contributed by atoms with Crippen LogP contribution >= 0.6 is 49.4 Å². The maximum atomic E-state index is 16.8. The number of anilines is 4. The lowest BCUT2D eigenvalue weighted by molar-refractivity contribution is -0.119. The zero-order valence-electron chi connectivity index (χ0n) is 72.1. The number of benzene rings is 3. The van der Waals surface area contributed by atoms with E-state index >= 15 is 8.78 Å². The van der Waals surface area contributed by atoms with Crippen LogP contribution < -0.4 is 43.3 Å². The van der Waals surface area contributed by atoms with Crippen LogP contribution in [-0.4, -0.2) is 239 Å². The average molecular weight is 2080 g/mol. The van der Waals surface area contributed by atoms with Crippen molar-refractivity contribution in [1.82, 2.24) is 111 Å². The van der Waals surface area contributed by atoms with Crippen molar-refractivity contribution in [3.63, 3.8) is 0 Å². The van der Waals surface area contributed by atoms with Crippen molar-refractivity contribution in [3.05, 3.63) is 170 Å². The van der Waals surface area contributed by atoms with Gasteiger partial charge in [-0.25, -0.2) is 28.7 Å². The fraction of sp³-hybridized carbons (Fsp3) is 0.395. The summed E-state index contributed by atoms with van der Waals surface area (Å²) in [6.45, 7) is -7.87. The number of carbonyl (C=O) groups is 4. The van der Waals surface area contributed by atoms with Gasteiger partial charge in [-0.2, -0.15) is 39.2 Å². The number of hydrogen-bond donors (Lipinski definition) is 9. The highest BCUT2D eigenvalue weighted by molar-refractivity contribution is 8.08. The van der Waals surface area contributed by atoms with Gasteiger partial charge in [0.1, 0.15) is 49.3 Å². The quantitative estimate of drug-likeness (QED) is 0.0221. The molecule has 11 N–H and O–H groups in total. The molecule has 6 aliphatic heterocycles. The number of alkyl halides is 2. The van der Waals surface area contributed by atoms with Crippen LogP contribution in [0.25, 0.3) is 54.7 Å². The summed E-state index contributed by atoms with van der Waals surface area (Å²) in [6, 6.07) is 34.0. The molecule has 0 radical (unpaired) electrons. The Morgan fingerprint density at radius 2 is 1.00 bits per heavy atom. The Balaban J connectivity index is 0.000000187. The highest BCUT2D eigenvalue weighted by atomic mass is 32.9.